The third-order valence-corrected chi connectivity index (χ3v) is 3.34. The molecule has 1 aliphatic rings. The number of aliphatic carboxylic acids is 1. The second kappa shape index (κ2) is 4.70. The maximum Gasteiger partial charge on any atom is 0.406 e. The number of likely N-dealkylation sites (tertiary alicyclic amines) is 1. The van der Waals surface area contributed by atoms with Crippen LogP contribution in [0, 0.1) is 5.41 Å². The van der Waals surface area contributed by atoms with Gasteiger partial charge in [-0.25, -0.2) is 0 Å². The Hall–Kier alpha value is -0.820. The van der Waals surface area contributed by atoms with Crippen LogP contribution in [0.3, 0.4) is 0 Å². The molecule has 4 nitrogen and oxygen atoms in total. The number of carboxylic acids is 1. The van der Waals surface area contributed by atoms with Gasteiger partial charge in [0, 0.05) is 13.1 Å². The summed E-state index contributed by atoms with van der Waals surface area (Å²) in [6.07, 6.45) is -4.87. The van der Waals surface area contributed by atoms with Gasteiger partial charge in [0.05, 0.1) is 5.60 Å². The minimum Gasteiger partial charge on any atom is -0.481 e. The van der Waals surface area contributed by atoms with Crippen molar-refractivity contribution in [3.05, 3.63) is 0 Å². The first-order valence-corrected chi connectivity index (χ1v) is 5.73. The van der Waals surface area contributed by atoms with Gasteiger partial charge in [-0.15, -0.1) is 0 Å². The predicted molar refractivity (Wildman–Crippen MR) is 58.1 cm³/mol. The number of aliphatic hydroxyl groups is 1. The van der Waals surface area contributed by atoms with Gasteiger partial charge in [0.1, 0.15) is 0 Å². The summed E-state index contributed by atoms with van der Waals surface area (Å²) in [5, 5.41) is 18.4. The van der Waals surface area contributed by atoms with Crippen LogP contribution in [0.1, 0.15) is 26.7 Å². The zero-order valence-electron chi connectivity index (χ0n) is 10.4. The van der Waals surface area contributed by atoms with E-state index in [0.717, 1.165) is 0 Å². The van der Waals surface area contributed by atoms with Crippen LogP contribution in [0.4, 0.5) is 13.2 Å². The molecular formula is C11H18F3NO3. The zero-order valence-corrected chi connectivity index (χ0v) is 10.4. The summed E-state index contributed by atoms with van der Waals surface area (Å²) in [5.41, 5.74) is -3.63. The molecule has 0 aromatic carbocycles. The number of alkyl halides is 3. The van der Waals surface area contributed by atoms with Crippen molar-refractivity contribution in [2.75, 3.05) is 19.6 Å². The molecule has 1 rings (SSSR count). The first-order valence-electron chi connectivity index (χ1n) is 5.73. The van der Waals surface area contributed by atoms with E-state index in [-0.39, 0.29) is 13.1 Å². The fourth-order valence-corrected chi connectivity index (χ4v) is 2.04. The average molecular weight is 269 g/mol. The van der Waals surface area contributed by atoms with Crippen molar-refractivity contribution in [1.29, 1.82) is 0 Å². The lowest BCUT2D eigenvalue weighted by Gasteiger charge is -2.28. The van der Waals surface area contributed by atoms with E-state index in [9.17, 15) is 23.1 Å². The summed E-state index contributed by atoms with van der Waals surface area (Å²) in [4.78, 5) is 12.4. The molecule has 1 fully saturated rings. The van der Waals surface area contributed by atoms with E-state index >= 15 is 0 Å². The van der Waals surface area contributed by atoms with Gasteiger partial charge in [0.2, 0.25) is 0 Å². The molecule has 0 amide bonds. The lowest BCUT2D eigenvalue weighted by atomic mass is 9.86. The molecular weight excluding hydrogens is 251 g/mol. The monoisotopic (exact) mass is 269 g/mol. The highest BCUT2D eigenvalue weighted by atomic mass is 19.4. The Morgan fingerprint density at radius 1 is 1.39 bits per heavy atom. The molecule has 1 aliphatic heterocycles. The molecule has 0 radical (unpaired) electrons. The maximum atomic E-state index is 12.9. The van der Waals surface area contributed by atoms with Crippen molar-refractivity contribution >= 4 is 5.97 Å². The first kappa shape index (κ1) is 15.2. The van der Waals surface area contributed by atoms with Gasteiger partial charge in [-0.05, 0) is 33.2 Å². The van der Waals surface area contributed by atoms with E-state index < -0.39 is 36.1 Å². The van der Waals surface area contributed by atoms with E-state index in [4.69, 9.17) is 5.11 Å². The predicted octanol–water partition coefficient (Wildman–Crippen LogP) is 1.49. The van der Waals surface area contributed by atoms with Crippen LogP contribution < -0.4 is 0 Å². The van der Waals surface area contributed by atoms with E-state index in [1.807, 2.05) is 0 Å². The van der Waals surface area contributed by atoms with Crippen LogP contribution in [0.15, 0.2) is 0 Å². The minimum atomic E-state index is -4.75. The smallest absolute Gasteiger partial charge is 0.406 e. The van der Waals surface area contributed by atoms with Gasteiger partial charge in [0.25, 0.3) is 0 Å². The normalized spacial score (nSPS) is 26.6. The van der Waals surface area contributed by atoms with Crippen LogP contribution in [-0.2, 0) is 4.79 Å². The molecule has 18 heavy (non-hydrogen) atoms. The highest BCUT2D eigenvalue weighted by molar-refractivity contribution is 5.76. The molecule has 0 saturated carbocycles. The van der Waals surface area contributed by atoms with Crippen molar-refractivity contribution in [3.63, 3.8) is 0 Å². The van der Waals surface area contributed by atoms with Crippen LogP contribution in [0.5, 0.6) is 0 Å². The summed E-state index contributed by atoms with van der Waals surface area (Å²) in [6.45, 7) is 2.94. The fraction of sp³-hybridized carbons (Fsp3) is 0.909. The Balaban J connectivity index is 2.70. The van der Waals surface area contributed by atoms with Crippen LogP contribution in [0.2, 0.25) is 0 Å². The lowest BCUT2D eigenvalue weighted by Crippen LogP contribution is -2.47. The summed E-state index contributed by atoms with van der Waals surface area (Å²) < 4.78 is 38.6. The van der Waals surface area contributed by atoms with Crippen LogP contribution in [-0.4, -0.2) is 52.5 Å². The van der Waals surface area contributed by atoms with Crippen molar-refractivity contribution < 1.29 is 28.2 Å². The van der Waals surface area contributed by atoms with Gasteiger partial charge in [-0.1, -0.05) is 0 Å². The molecule has 1 heterocycles. The van der Waals surface area contributed by atoms with Gasteiger partial charge >= 0.3 is 12.1 Å². The van der Waals surface area contributed by atoms with Crippen molar-refractivity contribution in [2.45, 2.75) is 38.5 Å². The van der Waals surface area contributed by atoms with E-state index in [1.54, 1.807) is 13.8 Å². The number of rotatable bonds is 4. The molecule has 1 unspecified atom stereocenters. The Labute approximate surface area is 103 Å². The molecule has 1 atom stereocenters. The number of carbonyl (C=O) groups is 1. The summed E-state index contributed by atoms with van der Waals surface area (Å²) in [6, 6.07) is 0. The fourth-order valence-electron chi connectivity index (χ4n) is 2.04. The third kappa shape index (κ3) is 3.14. The molecule has 0 spiro atoms. The van der Waals surface area contributed by atoms with Gasteiger partial charge in [-0.2, -0.15) is 13.2 Å². The topological polar surface area (TPSA) is 60.8 Å². The first-order chi connectivity index (χ1) is 7.98. The van der Waals surface area contributed by atoms with E-state index in [0.29, 0.717) is 6.42 Å². The quantitative estimate of drug-likeness (QED) is 0.811. The Morgan fingerprint density at radius 3 is 2.28 bits per heavy atom. The van der Waals surface area contributed by atoms with E-state index in [2.05, 4.69) is 0 Å². The Kier molecular flexibility index (Phi) is 3.97. The van der Waals surface area contributed by atoms with E-state index in [1.165, 1.54) is 4.90 Å². The standard InChI is InChI=1S/C11H18F3NO3/c1-9(2,18)3-5-15-6-4-10(7-15,8(16)17)11(12,13)14/h18H,3-7H2,1-2H3,(H,16,17). The SMILES string of the molecule is CC(C)(O)CCN1CCC(C(=O)O)(C(F)(F)F)C1. The lowest BCUT2D eigenvalue weighted by molar-refractivity contribution is -0.227. The highest BCUT2D eigenvalue weighted by Gasteiger charge is 2.63. The summed E-state index contributed by atoms with van der Waals surface area (Å²) in [5.74, 6) is -1.82. The molecule has 7 heteroatoms. The zero-order chi connectivity index (χ0) is 14.2. The minimum absolute atomic E-state index is 0.0852. The molecule has 2 N–H and O–H groups in total. The number of halogens is 3. The number of hydrogen-bond donors (Lipinski definition) is 2. The van der Waals surface area contributed by atoms with Crippen molar-refractivity contribution in [2.24, 2.45) is 5.41 Å². The number of carboxylic acid groups (broad SMARTS) is 1. The highest BCUT2D eigenvalue weighted by Crippen LogP contribution is 2.45. The average Bonchev–Trinajstić information content (AvgIpc) is 2.57. The summed E-state index contributed by atoms with van der Waals surface area (Å²) in [7, 11) is 0. The maximum absolute atomic E-state index is 12.9. The Bertz CT molecular complexity index is 324. The van der Waals surface area contributed by atoms with Gasteiger partial charge < -0.3 is 15.1 Å². The van der Waals surface area contributed by atoms with Crippen LogP contribution in [0.25, 0.3) is 0 Å². The largest absolute Gasteiger partial charge is 0.481 e. The number of nitrogens with zero attached hydrogens (tertiary/aromatic N) is 1. The summed E-state index contributed by atoms with van der Waals surface area (Å²) >= 11 is 0. The van der Waals surface area contributed by atoms with Gasteiger partial charge in [0.15, 0.2) is 5.41 Å². The van der Waals surface area contributed by atoms with Crippen molar-refractivity contribution in [1.82, 2.24) is 4.90 Å². The Morgan fingerprint density at radius 2 is 1.94 bits per heavy atom. The molecule has 0 bridgehead atoms. The molecule has 1 saturated heterocycles. The second-order valence-corrected chi connectivity index (χ2v) is 5.47. The number of hydrogen-bond acceptors (Lipinski definition) is 3. The molecule has 0 aromatic rings. The second-order valence-electron chi connectivity index (χ2n) is 5.47. The third-order valence-electron chi connectivity index (χ3n) is 3.34. The van der Waals surface area contributed by atoms with Crippen LogP contribution >= 0.6 is 0 Å². The van der Waals surface area contributed by atoms with Crippen molar-refractivity contribution in [3.8, 4) is 0 Å². The molecule has 0 aromatic heterocycles. The van der Waals surface area contributed by atoms with Gasteiger partial charge in [-0.3, -0.25) is 4.79 Å². The molecule has 106 valence electrons. The molecule has 0 aliphatic carbocycles.